The molecule has 2 rings (SSSR count). The van der Waals surface area contributed by atoms with Crippen molar-refractivity contribution in [2.75, 3.05) is 30.8 Å². The minimum absolute atomic E-state index is 0.264. The molecule has 1 aliphatic rings. The van der Waals surface area contributed by atoms with Crippen molar-refractivity contribution in [2.24, 2.45) is 5.92 Å². The maximum atomic E-state index is 13.7. The summed E-state index contributed by atoms with van der Waals surface area (Å²) in [6, 6.07) is 4.66. The first-order valence-electron chi connectivity index (χ1n) is 6.49. The Morgan fingerprint density at radius 2 is 2.25 bits per heavy atom. The van der Waals surface area contributed by atoms with Crippen molar-refractivity contribution in [2.45, 2.75) is 17.7 Å². The molecule has 0 spiro atoms. The van der Waals surface area contributed by atoms with Crippen LogP contribution >= 0.6 is 11.8 Å². The minimum atomic E-state index is -3.12. The Bertz CT molecular complexity index is 578. The quantitative estimate of drug-likeness (QED) is 0.683. The first-order valence-corrected chi connectivity index (χ1v) is 9.32. The minimum Gasteiger partial charge on any atom is -0.399 e. The van der Waals surface area contributed by atoms with Gasteiger partial charge in [-0.15, -0.1) is 11.8 Å². The van der Waals surface area contributed by atoms with Gasteiger partial charge < -0.3 is 5.73 Å². The van der Waals surface area contributed by atoms with Gasteiger partial charge in [-0.05, 0) is 37.0 Å². The summed E-state index contributed by atoms with van der Waals surface area (Å²) in [5.74, 6) is 0.665. The first-order chi connectivity index (χ1) is 9.36. The Balaban J connectivity index is 1.94. The number of sulfonamides is 1. The van der Waals surface area contributed by atoms with Crippen LogP contribution in [0.15, 0.2) is 23.1 Å². The molecule has 1 atom stereocenters. The zero-order valence-corrected chi connectivity index (χ0v) is 13.0. The first kappa shape index (κ1) is 15.6. The molecule has 0 saturated carbocycles. The third-order valence-electron chi connectivity index (χ3n) is 3.38. The van der Waals surface area contributed by atoms with E-state index in [4.69, 9.17) is 5.73 Å². The van der Waals surface area contributed by atoms with Crippen LogP contribution in [0, 0.1) is 11.7 Å². The number of halogens is 1. The molecule has 1 heterocycles. The highest BCUT2D eigenvalue weighted by Crippen LogP contribution is 2.29. The van der Waals surface area contributed by atoms with Crippen LogP contribution in [0.1, 0.15) is 12.8 Å². The molecular formula is C13H19FN2O2S2. The summed E-state index contributed by atoms with van der Waals surface area (Å²) >= 11 is 1.42. The molecule has 0 aliphatic carbocycles. The number of anilines is 1. The second-order valence-corrected chi connectivity index (χ2v) is 8.17. The zero-order valence-electron chi connectivity index (χ0n) is 11.4. The van der Waals surface area contributed by atoms with Crippen LogP contribution < -0.4 is 5.73 Å². The molecule has 1 aliphatic heterocycles. The van der Waals surface area contributed by atoms with Gasteiger partial charge in [-0.3, -0.25) is 0 Å². The van der Waals surface area contributed by atoms with Crippen LogP contribution in [0.5, 0.6) is 0 Å². The molecule has 0 radical (unpaired) electrons. The average molecular weight is 318 g/mol. The van der Waals surface area contributed by atoms with Crippen molar-refractivity contribution in [3.8, 4) is 0 Å². The molecule has 1 unspecified atom stereocenters. The van der Waals surface area contributed by atoms with E-state index in [1.807, 2.05) is 0 Å². The van der Waals surface area contributed by atoms with E-state index in [-0.39, 0.29) is 11.7 Å². The molecule has 0 amide bonds. The number of benzene rings is 1. The van der Waals surface area contributed by atoms with E-state index in [9.17, 15) is 12.8 Å². The van der Waals surface area contributed by atoms with Crippen LogP contribution in [0.3, 0.4) is 0 Å². The lowest BCUT2D eigenvalue weighted by Gasteiger charge is -2.30. The van der Waals surface area contributed by atoms with Crippen molar-refractivity contribution in [1.29, 1.82) is 0 Å². The number of hydrogen-bond donors (Lipinski definition) is 1. The number of nitrogens with zero attached hydrogens (tertiary/aromatic N) is 1. The Hall–Kier alpha value is -0.790. The highest BCUT2D eigenvalue weighted by molar-refractivity contribution is 7.99. The standard InChI is InChI=1S/C13H19FN2O2S2/c1-20(17,18)16-6-2-3-10(8-16)9-19-13-5-4-11(15)7-12(13)14/h4-5,7,10H,2-3,6,8-9,15H2,1H3. The van der Waals surface area contributed by atoms with Crippen molar-refractivity contribution in [3.63, 3.8) is 0 Å². The summed E-state index contributed by atoms with van der Waals surface area (Å²) in [4.78, 5) is 0.565. The second kappa shape index (κ2) is 6.32. The van der Waals surface area contributed by atoms with Crippen molar-refractivity contribution >= 4 is 27.5 Å². The smallest absolute Gasteiger partial charge is 0.211 e. The molecule has 4 nitrogen and oxygen atoms in total. The van der Waals surface area contributed by atoms with Gasteiger partial charge in [0.1, 0.15) is 5.82 Å². The van der Waals surface area contributed by atoms with Crippen LogP contribution in [0.4, 0.5) is 10.1 Å². The maximum Gasteiger partial charge on any atom is 0.211 e. The number of nitrogen functional groups attached to an aromatic ring is 1. The highest BCUT2D eigenvalue weighted by Gasteiger charge is 2.25. The largest absolute Gasteiger partial charge is 0.399 e. The topological polar surface area (TPSA) is 63.4 Å². The lowest BCUT2D eigenvalue weighted by Crippen LogP contribution is -2.39. The summed E-state index contributed by atoms with van der Waals surface area (Å²) < 4.78 is 38.3. The van der Waals surface area contributed by atoms with Crippen LogP contribution in [0.2, 0.25) is 0 Å². The third-order valence-corrected chi connectivity index (χ3v) is 5.93. The molecule has 1 fully saturated rings. The molecule has 7 heteroatoms. The molecule has 1 aromatic carbocycles. The number of thioether (sulfide) groups is 1. The molecule has 2 N–H and O–H groups in total. The summed E-state index contributed by atoms with van der Waals surface area (Å²) in [5, 5.41) is 0. The summed E-state index contributed by atoms with van der Waals surface area (Å²) in [7, 11) is -3.12. The van der Waals surface area contributed by atoms with Crippen molar-refractivity contribution < 1.29 is 12.8 Å². The molecule has 1 aromatic rings. The fourth-order valence-corrected chi connectivity index (χ4v) is 4.30. The van der Waals surface area contributed by atoms with Gasteiger partial charge in [0.2, 0.25) is 10.0 Å². The Morgan fingerprint density at radius 3 is 2.90 bits per heavy atom. The van der Waals surface area contributed by atoms with Gasteiger partial charge in [0.15, 0.2) is 0 Å². The molecule has 0 bridgehead atoms. The van der Waals surface area contributed by atoms with Gasteiger partial charge >= 0.3 is 0 Å². The van der Waals surface area contributed by atoms with Crippen molar-refractivity contribution in [1.82, 2.24) is 4.31 Å². The number of hydrogen-bond acceptors (Lipinski definition) is 4. The van der Waals surface area contributed by atoms with Gasteiger partial charge in [-0.2, -0.15) is 0 Å². The second-order valence-electron chi connectivity index (χ2n) is 5.13. The van der Waals surface area contributed by atoms with Crippen LogP contribution in [-0.2, 0) is 10.0 Å². The average Bonchev–Trinajstić information content (AvgIpc) is 2.37. The van der Waals surface area contributed by atoms with Gasteiger partial charge in [0.25, 0.3) is 0 Å². The van der Waals surface area contributed by atoms with E-state index in [0.717, 1.165) is 12.8 Å². The summed E-state index contributed by atoms with van der Waals surface area (Å²) in [5.41, 5.74) is 5.92. The van der Waals surface area contributed by atoms with Gasteiger partial charge in [0, 0.05) is 29.4 Å². The lowest BCUT2D eigenvalue weighted by molar-refractivity contribution is 0.286. The fraction of sp³-hybridized carbons (Fsp3) is 0.538. The Kier molecular flexibility index (Phi) is 4.93. The van der Waals surface area contributed by atoms with Crippen molar-refractivity contribution in [3.05, 3.63) is 24.0 Å². The van der Waals surface area contributed by atoms with E-state index in [0.29, 0.717) is 29.4 Å². The van der Waals surface area contributed by atoms with E-state index < -0.39 is 10.0 Å². The third kappa shape index (κ3) is 4.10. The molecule has 1 saturated heterocycles. The van der Waals surface area contributed by atoms with Gasteiger partial charge in [0.05, 0.1) is 6.26 Å². The molecule has 0 aromatic heterocycles. The van der Waals surface area contributed by atoms with E-state index >= 15 is 0 Å². The Morgan fingerprint density at radius 1 is 1.50 bits per heavy atom. The van der Waals surface area contributed by atoms with E-state index in [1.54, 1.807) is 12.1 Å². The molecule has 112 valence electrons. The predicted molar refractivity (Wildman–Crippen MR) is 80.7 cm³/mol. The zero-order chi connectivity index (χ0) is 14.8. The number of piperidine rings is 1. The predicted octanol–water partition coefficient (Wildman–Crippen LogP) is 2.17. The Labute approximate surface area is 123 Å². The van der Waals surface area contributed by atoms with E-state index in [2.05, 4.69) is 0 Å². The highest BCUT2D eigenvalue weighted by atomic mass is 32.2. The van der Waals surface area contributed by atoms with Gasteiger partial charge in [-0.1, -0.05) is 0 Å². The SMILES string of the molecule is CS(=O)(=O)N1CCCC(CSc2ccc(N)cc2F)C1. The number of nitrogens with two attached hydrogens (primary N) is 1. The van der Waals surface area contributed by atoms with E-state index in [1.165, 1.54) is 28.4 Å². The maximum absolute atomic E-state index is 13.7. The molecule has 20 heavy (non-hydrogen) atoms. The number of rotatable bonds is 4. The lowest BCUT2D eigenvalue weighted by atomic mass is 10.0. The fourth-order valence-electron chi connectivity index (χ4n) is 2.31. The van der Waals surface area contributed by atoms with Crippen LogP contribution in [0.25, 0.3) is 0 Å². The monoisotopic (exact) mass is 318 g/mol. The van der Waals surface area contributed by atoms with Gasteiger partial charge in [-0.25, -0.2) is 17.1 Å². The summed E-state index contributed by atoms with van der Waals surface area (Å²) in [6.45, 7) is 1.12. The normalized spacial score (nSPS) is 21.0. The molecular weight excluding hydrogens is 299 g/mol. The summed E-state index contributed by atoms with van der Waals surface area (Å²) in [6.07, 6.45) is 3.08. The van der Waals surface area contributed by atoms with Crippen LogP contribution in [-0.4, -0.2) is 37.8 Å².